The molecule has 0 unspecified atom stereocenters. The standard InChI is InChI=1S/C15H12ClN3O2/c16-12-5-10(15-11(6-12)8-20-9-21-15)7-19-14-4-2-1-3-13(14)17-18-19/h1-6H,7-9H2. The molecule has 0 spiro atoms. The molecular weight excluding hydrogens is 290 g/mol. The first kappa shape index (κ1) is 12.6. The third-order valence-electron chi connectivity index (χ3n) is 3.49. The molecule has 0 saturated carbocycles. The van der Waals surface area contributed by atoms with Crippen LogP contribution in [0.4, 0.5) is 0 Å². The van der Waals surface area contributed by atoms with Crippen LogP contribution in [-0.2, 0) is 17.9 Å². The third kappa shape index (κ3) is 2.24. The quantitative estimate of drug-likeness (QED) is 0.730. The van der Waals surface area contributed by atoms with Gasteiger partial charge in [0.2, 0.25) is 0 Å². The Kier molecular flexibility index (Phi) is 3.02. The van der Waals surface area contributed by atoms with E-state index < -0.39 is 0 Å². The Morgan fingerprint density at radius 2 is 2.14 bits per heavy atom. The van der Waals surface area contributed by atoms with Crippen LogP contribution in [0.5, 0.6) is 5.75 Å². The van der Waals surface area contributed by atoms with E-state index in [1.54, 1.807) is 0 Å². The fourth-order valence-electron chi connectivity index (χ4n) is 2.57. The largest absolute Gasteiger partial charge is 0.467 e. The highest BCUT2D eigenvalue weighted by Crippen LogP contribution is 2.32. The number of ether oxygens (including phenoxy) is 2. The monoisotopic (exact) mass is 301 g/mol. The summed E-state index contributed by atoms with van der Waals surface area (Å²) in [6.07, 6.45) is 0. The molecule has 0 fully saturated rings. The molecule has 2 aromatic carbocycles. The van der Waals surface area contributed by atoms with E-state index in [1.807, 2.05) is 41.1 Å². The highest BCUT2D eigenvalue weighted by Gasteiger charge is 2.17. The summed E-state index contributed by atoms with van der Waals surface area (Å²) < 4.78 is 12.8. The van der Waals surface area contributed by atoms with E-state index in [2.05, 4.69) is 10.3 Å². The van der Waals surface area contributed by atoms with Crippen molar-refractivity contribution in [1.29, 1.82) is 0 Å². The van der Waals surface area contributed by atoms with Crippen molar-refractivity contribution in [2.45, 2.75) is 13.2 Å². The van der Waals surface area contributed by atoms with Crippen LogP contribution >= 0.6 is 11.6 Å². The average molecular weight is 302 g/mol. The maximum absolute atomic E-state index is 6.18. The Morgan fingerprint density at radius 3 is 3.10 bits per heavy atom. The predicted molar refractivity (Wildman–Crippen MR) is 78.4 cm³/mol. The molecule has 4 rings (SSSR count). The van der Waals surface area contributed by atoms with Gasteiger partial charge in [-0.25, -0.2) is 4.68 Å². The van der Waals surface area contributed by atoms with E-state index >= 15 is 0 Å². The fourth-order valence-corrected chi connectivity index (χ4v) is 2.83. The second-order valence-corrected chi connectivity index (χ2v) is 5.34. The molecule has 1 aromatic heterocycles. The van der Waals surface area contributed by atoms with Crippen LogP contribution in [-0.4, -0.2) is 21.8 Å². The van der Waals surface area contributed by atoms with Gasteiger partial charge in [0.05, 0.1) is 18.7 Å². The highest BCUT2D eigenvalue weighted by atomic mass is 35.5. The Hall–Kier alpha value is -2.11. The van der Waals surface area contributed by atoms with E-state index in [0.717, 1.165) is 27.9 Å². The molecular formula is C15H12ClN3O2. The number of hydrogen-bond donors (Lipinski definition) is 0. The topological polar surface area (TPSA) is 49.2 Å². The number of para-hydroxylation sites is 1. The van der Waals surface area contributed by atoms with Crippen LogP contribution in [0.1, 0.15) is 11.1 Å². The zero-order chi connectivity index (χ0) is 14.2. The van der Waals surface area contributed by atoms with Crippen LogP contribution in [0.2, 0.25) is 5.02 Å². The maximum Gasteiger partial charge on any atom is 0.189 e. The number of benzene rings is 2. The lowest BCUT2D eigenvalue weighted by atomic mass is 10.1. The van der Waals surface area contributed by atoms with E-state index in [4.69, 9.17) is 21.1 Å². The number of fused-ring (bicyclic) bond motifs is 2. The van der Waals surface area contributed by atoms with Crippen molar-refractivity contribution in [2.24, 2.45) is 0 Å². The SMILES string of the molecule is Clc1cc2c(c(Cn3nnc4ccccc43)c1)OCOC2. The van der Waals surface area contributed by atoms with Crippen LogP contribution in [0.3, 0.4) is 0 Å². The minimum Gasteiger partial charge on any atom is -0.467 e. The van der Waals surface area contributed by atoms with Gasteiger partial charge in [0.15, 0.2) is 6.79 Å². The Bertz CT molecular complexity index is 816. The molecule has 0 aliphatic carbocycles. The van der Waals surface area contributed by atoms with Crippen LogP contribution in [0.15, 0.2) is 36.4 Å². The molecule has 0 amide bonds. The molecule has 2 heterocycles. The number of hydrogen-bond acceptors (Lipinski definition) is 4. The molecule has 0 N–H and O–H groups in total. The average Bonchev–Trinajstić information content (AvgIpc) is 2.90. The van der Waals surface area contributed by atoms with Crippen LogP contribution in [0, 0.1) is 0 Å². The molecule has 1 aliphatic heterocycles. The second-order valence-electron chi connectivity index (χ2n) is 4.90. The van der Waals surface area contributed by atoms with Gasteiger partial charge in [0, 0.05) is 16.1 Å². The molecule has 1 aliphatic rings. The molecule has 3 aromatic rings. The number of aromatic nitrogens is 3. The fraction of sp³-hybridized carbons (Fsp3) is 0.200. The first-order valence-corrected chi connectivity index (χ1v) is 6.99. The van der Waals surface area contributed by atoms with Gasteiger partial charge in [-0.1, -0.05) is 28.9 Å². The van der Waals surface area contributed by atoms with Gasteiger partial charge in [-0.3, -0.25) is 0 Å². The molecule has 0 bridgehead atoms. The molecule has 5 nitrogen and oxygen atoms in total. The molecule has 0 radical (unpaired) electrons. The highest BCUT2D eigenvalue weighted by molar-refractivity contribution is 6.30. The minimum atomic E-state index is 0.264. The van der Waals surface area contributed by atoms with Crippen molar-refractivity contribution in [3.63, 3.8) is 0 Å². The number of halogens is 1. The number of nitrogens with zero attached hydrogens (tertiary/aromatic N) is 3. The summed E-state index contributed by atoms with van der Waals surface area (Å²) >= 11 is 6.18. The summed E-state index contributed by atoms with van der Waals surface area (Å²) in [5.74, 6) is 0.838. The summed E-state index contributed by atoms with van der Waals surface area (Å²) in [7, 11) is 0. The minimum absolute atomic E-state index is 0.264. The van der Waals surface area contributed by atoms with Crippen molar-refractivity contribution < 1.29 is 9.47 Å². The number of rotatable bonds is 2. The van der Waals surface area contributed by atoms with Crippen molar-refractivity contribution >= 4 is 22.6 Å². The summed E-state index contributed by atoms with van der Waals surface area (Å²) in [6, 6.07) is 11.6. The van der Waals surface area contributed by atoms with Gasteiger partial charge in [-0.05, 0) is 24.3 Å². The maximum atomic E-state index is 6.18. The summed E-state index contributed by atoms with van der Waals surface area (Å²) in [4.78, 5) is 0. The predicted octanol–water partition coefficient (Wildman–Crippen LogP) is 3.00. The summed E-state index contributed by atoms with van der Waals surface area (Å²) in [5, 5.41) is 9.04. The molecule has 106 valence electrons. The summed E-state index contributed by atoms with van der Waals surface area (Å²) in [5.41, 5.74) is 3.81. The van der Waals surface area contributed by atoms with Crippen LogP contribution < -0.4 is 4.74 Å². The van der Waals surface area contributed by atoms with Gasteiger partial charge in [0.1, 0.15) is 11.3 Å². The lowest BCUT2D eigenvalue weighted by molar-refractivity contribution is -0.0171. The first-order chi connectivity index (χ1) is 10.3. The Balaban J connectivity index is 1.79. The lowest BCUT2D eigenvalue weighted by Gasteiger charge is -2.21. The van der Waals surface area contributed by atoms with E-state index in [1.165, 1.54) is 0 Å². The van der Waals surface area contributed by atoms with Crippen molar-refractivity contribution in [2.75, 3.05) is 6.79 Å². The van der Waals surface area contributed by atoms with Crippen LogP contribution in [0.25, 0.3) is 11.0 Å². The normalized spacial score (nSPS) is 14.0. The van der Waals surface area contributed by atoms with Crippen molar-refractivity contribution in [1.82, 2.24) is 15.0 Å². The van der Waals surface area contributed by atoms with E-state index in [0.29, 0.717) is 18.2 Å². The molecule has 0 atom stereocenters. The van der Waals surface area contributed by atoms with E-state index in [9.17, 15) is 0 Å². The Labute approximate surface area is 126 Å². The summed E-state index contributed by atoms with van der Waals surface area (Å²) in [6.45, 7) is 1.34. The van der Waals surface area contributed by atoms with Crippen molar-refractivity contribution in [3.05, 3.63) is 52.5 Å². The third-order valence-corrected chi connectivity index (χ3v) is 3.71. The zero-order valence-corrected chi connectivity index (χ0v) is 11.9. The van der Waals surface area contributed by atoms with Gasteiger partial charge in [-0.15, -0.1) is 5.10 Å². The molecule has 21 heavy (non-hydrogen) atoms. The van der Waals surface area contributed by atoms with Gasteiger partial charge in [-0.2, -0.15) is 0 Å². The van der Waals surface area contributed by atoms with Gasteiger partial charge >= 0.3 is 0 Å². The van der Waals surface area contributed by atoms with E-state index in [-0.39, 0.29) is 6.79 Å². The molecule has 0 saturated heterocycles. The smallest absolute Gasteiger partial charge is 0.189 e. The Morgan fingerprint density at radius 1 is 1.24 bits per heavy atom. The lowest BCUT2D eigenvalue weighted by Crippen LogP contribution is -2.14. The van der Waals surface area contributed by atoms with Crippen molar-refractivity contribution in [3.8, 4) is 5.75 Å². The van der Waals surface area contributed by atoms with Gasteiger partial charge in [0.25, 0.3) is 0 Å². The second kappa shape index (κ2) is 5.02. The van der Waals surface area contributed by atoms with Gasteiger partial charge < -0.3 is 9.47 Å². The first-order valence-electron chi connectivity index (χ1n) is 6.61. The zero-order valence-electron chi connectivity index (χ0n) is 11.1. The molecule has 6 heteroatoms.